The van der Waals surface area contributed by atoms with Crippen molar-refractivity contribution < 1.29 is 14.0 Å². The van der Waals surface area contributed by atoms with Gasteiger partial charge in [-0.25, -0.2) is 4.39 Å². The maximum absolute atomic E-state index is 13.6. The number of halogens is 2. The molecule has 1 N–H and O–H groups in total. The predicted octanol–water partition coefficient (Wildman–Crippen LogP) is 3.78. The molecule has 6 heteroatoms. The van der Waals surface area contributed by atoms with Crippen molar-refractivity contribution in [2.75, 3.05) is 16.8 Å². The molecule has 0 aromatic heterocycles. The van der Waals surface area contributed by atoms with Crippen molar-refractivity contribution in [3.8, 4) is 0 Å². The average molecular weight is 347 g/mol. The van der Waals surface area contributed by atoms with Crippen LogP contribution >= 0.6 is 11.6 Å². The minimum absolute atomic E-state index is 0.118. The van der Waals surface area contributed by atoms with Crippen LogP contribution in [0, 0.1) is 18.7 Å². The van der Waals surface area contributed by atoms with Gasteiger partial charge in [0.1, 0.15) is 5.82 Å². The highest BCUT2D eigenvalue weighted by molar-refractivity contribution is 6.31. The molecular weight excluding hydrogens is 331 g/mol. The lowest BCUT2D eigenvalue weighted by molar-refractivity contribution is -0.122. The third-order valence-electron chi connectivity index (χ3n) is 4.06. The minimum Gasteiger partial charge on any atom is -0.326 e. The summed E-state index contributed by atoms with van der Waals surface area (Å²) in [5, 5.41) is 3.20. The quantitative estimate of drug-likeness (QED) is 0.919. The number of hydrogen-bond donors (Lipinski definition) is 1. The molecule has 24 heavy (non-hydrogen) atoms. The molecule has 1 heterocycles. The number of nitrogens with zero attached hydrogens (tertiary/aromatic N) is 1. The zero-order chi connectivity index (χ0) is 17.3. The van der Waals surface area contributed by atoms with Gasteiger partial charge in [0.25, 0.3) is 0 Å². The van der Waals surface area contributed by atoms with Crippen molar-refractivity contribution in [2.24, 2.45) is 5.92 Å². The first-order valence-corrected chi connectivity index (χ1v) is 7.95. The number of hydrogen-bond acceptors (Lipinski definition) is 2. The van der Waals surface area contributed by atoms with Gasteiger partial charge >= 0.3 is 0 Å². The molecule has 1 saturated heterocycles. The van der Waals surface area contributed by atoms with E-state index in [2.05, 4.69) is 5.32 Å². The summed E-state index contributed by atoms with van der Waals surface area (Å²) in [4.78, 5) is 26.1. The van der Waals surface area contributed by atoms with Crippen LogP contribution in [0.15, 0.2) is 42.5 Å². The lowest BCUT2D eigenvalue weighted by Crippen LogP contribution is -2.28. The Morgan fingerprint density at radius 1 is 1.29 bits per heavy atom. The van der Waals surface area contributed by atoms with E-state index in [1.54, 1.807) is 48.2 Å². The third-order valence-corrected chi connectivity index (χ3v) is 4.29. The molecule has 124 valence electrons. The van der Waals surface area contributed by atoms with Gasteiger partial charge in [-0.05, 0) is 42.8 Å². The molecule has 2 aromatic rings. The van der Waals surface area contributed by atoms with Crippen LogP contribution in [-0.4, -0.2) is 18.4 Å². The number of amides is 2. The normalized spacial score (nSPS) is 17.2. The number of nitrogens with one attached hydrogen (secondary N) is 1. The van der Waals surface area contributed by atoms with Crippen molar-refractivity contribution in [2.45, 2.75) is 13.3 Å². The molecule has 2 aromatic carbocycles. The van der Waals surface area contributed by atoms with Gasteiger partial charge in [0.05, 0.1) is 5.92 Å². The van der Waals surface area contributed by atoms with E-state index >= 15 is 0 Å². The smallest absolute Gasteiger partial charge is 0.229 e. The summed E-state index contributed by atoms with van der Waals surface area (Å²) < 4.78 is 13.6. The van der Waals surface area contributed by atoms with Crippen LogP contribution < -0.4 is 10.2 Å². The topological polar surface area (TPSA) is 49.4 Å². The highest BCUT2D eigenvalue weighted by Gasteiger charge is 2.35. The zero-order valence-electron chi connectivity index (χ0n) is 13.1. The molecule has 0 unspecified atom stereocenters. The standard InChI is InChI=1S/C18H16ClFN2O2/c1-11-5-6-14(9-16(11)20)21-18(24)12-7-17(23)22(10-12)15-4-2-3-13(19)8-15/h2-6,8-9,12H,7,10H2,1H3,(H,21,24)/t12-/m1/s1. The van der Waals surface area contributed by atoms with Crippen molar-refractivity contribution in [1.82, 2.24) is 0 Å². The monoisotopic (exact) mass is 346 g/mol. The number of anilines is 2. The van der Waals surface area contributed by atoms with Crippen LogP contribution in [0.3, 0.4) is 0 Å². The summed E-state index contributed by atoms with van der Waals surface area (Å²) >= 11 is 5.95. The van der Waals surface area contributed by atoms with Crippen molar-refractivity contribution in [1.29, 1.82) is 0 Å². The van der Waals surface area contributed by atoms with Gasteiger partial charge in [-0.2, -0.15) is 0 Å². The molecule has 1 fully saturated rings. The summed E-state index contributed by atoms with van der Waals surface area (Å²) in [5.41, 5.74) is 1.57. The first-order chi connectivity index (χ1) is 11.4. The first kappa shape index (κ1) is 16.5. The van der Waals surface area contributed by atoms with Gasteiger partial charge in [-0.1, -0.05) is 23.7 Å². The van der Waals surface area contributed by atoms with Crippen LogP contribution in [-0.2, 0) is 9.59 Å². The summed E-state index contributed by atoms with van der Waals surface area (Å²) in [6.07, 6.45) is 0.118. The largest absolute Gasteiger partial charge is 0.326 e. The Hall–Kier alpha value is -2.40. The van der Waals surface area contributed by atoms with E-state index in [1.807, 2.05) is 0 Å². The summed E-state index contributed by atoms with van der Waals surface area (Å²) in [6, 6.07) is 11.5. The Kier molecular flexibility index (Phi) is 4.53. The highest BCUT2D eigenvalue weighted by atomic mass is 35.5. The van der Waals surface area contributed by atoms with Crippen molar-refractivity contribution in [3.05, 3.63) is 58.9 Å². The second kappa shape index (κ2) is 6.61. The number of aryl methyl sites for hydroxylation is 1. The Balaban J connectivity index is 1.70. The van der Waals surface area contributed by atoms with Crippen molar-refractivity contribution in [3.63, 3.8) is 0 Å². The van der Waals surface area contributed by atoms with Crippen LogP contribution in [0.25, 0.3) is 0 Å². The predicted molar refractivity (Wildman–Crippen MR) is 91.7 cm³/mol. The van der Waals surface area contributed by atoms with Gasteiger partial charge in [0.2, 0.25) is 11.8 Å². The van der Waals surface area contributed by atoms with Gasteiger partial charge in [-0.3, -0.25) is 9.59 Å². The fraction of sp³-hybridized carbons (Fsp3) is 0.222. The SMILES string of the molecule is Cc1ccc(NC(=O)[C@@H]2CC(=O)N(c3cccc(Cl)c3)C2)cc1F. The Morgan fingerprint density at radius 2 is 2.08 bits per heavy atom. The molecule has 3 rings (SSSR count). The van der Waals surface area contributed by atoms with Crippen LogP contribution in [0.5, 0.6) is 0 Å². The minimum atomic E-state index is -0.485. The summed E-state index contributed by atoms with van der Waals surface area (Å²) in [7, 11) is 0. The Labute approximate surface area is 144 Å². The highest BCUT2D eigenvalue weighted by Crippen LogP contribution is 2.28. The molecule has 1 aliphatic rings. The van der Waals surface area contributed by atoms with Gasteiger partial charge in [0, 0.05) is 29.4 Å². The maximum atomic E-state index is 13.6. The molecule has 4 nitrogen and oxygen atoms in total. The maximum Gasteiger partial charge on any atom is 0.229 e. The number of benzene rings is 2. The zero-order valence-corrected chi connectivity index (χ0v) is 13.8. The van der Waals surface area contributed by atoms with Crippen LogP contribution in [0.1, 0.15) is 12.0 Å². The van der Waals surface area contributed by atoms with E-state index in [4.69, 9.17) is 11.6 Å². The van der Waals surface area contributed by atoms with E-state index in [1.165, 1.54) is 6.07 Å². The third kappa shape index (κ3) is 3.41. The average Bonchev–Trinajstić information content (AvgIpc) is 2.93. The summed E-state index contributed by atoms with van der Waals surface area (Å²) in [5.74, 6) is -1.29. The molecular formula is C18H16ClFN2O2. The van der Waals surface area contributed by atoms with Crippen LogP contribution in [0.4, 0.5) is 15.8 Å². The van der Waals surface area contributed by atoms with Crippen LogP contribution in [0.2, 0.25) is 5.02 Å². The van der Waals surface area contributed by atoms with E-state index in [9.17, 15) is 14.0 Å². The fourth-order valence-electron chi connectivity index (χ4n) is 2.69. The lowest BCUT2D eigenvalue weighted by atomic mass is 10.1. The van der Waals surface area contributed by atoms with Gasteiger partial charge in [0.15, 0.2) is 0 Å². The molecule has 1 aliphatic heterocycles. The molecule has 2 amide bonds. The molecule has 1 atom stereocenters. The molecule has 0 bridgehead atoms. The number of rotatable bonds is 3. The van der Waals surface area contributed by atoms with Gasteiger partial charge < -0.3 is 10.2 Å². The molecule has 0 radical (unpaired) electrons. The molecule has 0 spiro atoms. The number of carbonyl (C=O) groups is 2. The van der Waals surface area contributed by atoms with Gasteiger partial charge in [-0.15, -0.1) is 0 Å². The first-order valence-electron chi connectivity index (χ1n) is 7.57. The fourth-order valence-corrected chi connectivity index (χ4v) is 2.88. The van der Waals surface area contributed by atoms with E-state index in [0.29, 0.717) is 22.0 Å². The van der Waals surface area contributed by atoms with E-state index in [-0.39, 0.29) is 30.6 Å². The second-order valence-electron chi connectivity index (χ2n) is 5.84. The van der Waals surface area contributed by atoms with E-state index < -0.39 is 5.92 Å². The Morgan fingerprint density at radius 3 is 2.79 bits per heavy atom. The molecule has 0 aliphatic carbocycles. The second-order valence-corrected chi connectivity index (χ2v) is 6.27. The van der Waals surface area contributed by atoms with E-state index in [0.717, 1.165) is 0 Å². The lowest BCUT2D eigenvalue weighted by Gasteiger charge is -2.17. The molecule has 0 saturated carbocycles. The summed E-state index contributed by atoms with van der Waals surface area (Å²) in [6.45, 7) is 1.93. The van der Waals surface area contributed by atoms with Crippen molar-refractivity contribution >= 4 is 34.8 Å². The number of carbonyl (C=O) groups excluding carboxylic acids is 2. The Bertz CT molecular complexity index is 809.